The van der Waals surface area contributed by atoms with Crippen molar-refractivity contribution in [1.82, 2.24) is 5.32 Å². The average molecular weight is 416 g/mol. The Kier molecular flexibility index (Phi) is 6.31. The Balaban J connectivity index is 1.85. The minimum absolute atomic E-state index is 0.0664. The maximum atomic E-state index is 13.1. The van der Waals surface area contributed by atoms with Gasteiger partial charge in [-0.1, -0.05) is 32.0 Å². The van der Waals surface area contributed by atoms with Crippen LogP contribution in [-0.2, 0) is 38.1 Å². The van der Waals surface area contributed by atoms with E-state index >= 15 is 0 Å². The van der Waals surface area contributed by atoms with Crippen LogP contribution in [0.1, 0.15) is 30.5 Å². The fraction of sp³-hybridized carbons (Fsp3) is 0.350. The molecule has 2 aromatic carbocycles. The number of hydrogen-bond acceptors (Lipinski definition) is 6. The average Bonchev–Trinajstić information content (AvgIpc) is 3.00. The molecule has 3 rings (SSSR count). The molecule has 1 aliphatic heterocycles. The summed E-state index contributed by atoms with van der Waals surface area (Å²) in [4.78, 5) is 12.3. The lowest BCUT2D eigenvalue weighted by atomic mass is 9.79. The SMILES string of the molecule is CC(C)CNC(=O)Cc1cc(N)ccc1S(=O)(=O)Cc1ccc2c(c1)B(O)OC2. The molecular formula is C20H25BN2O5S. The standard InChI is InChI=1S/C20H25BN2O5S/c1-13(2)10-23-20(24)9-16-8-17(22)5-6-19(16)29(26,27)12-14-3-4-15-11-28-21(25)18(15)7-14/h3-8,13,25H,9-12,22H2,1-2H3,(H,23,24). The first-order chi connectivity index (χ1) is 13.7. The summed E-state index contributed by atoms with van der Waals surface area (Å²) in [5.41, 5.74) is 8.57. The second kappa shape index (κ2) is 8.56. The minimum atomic E-state index is -3.73. The molecule has 0 saturated heterocycles. The summed E-state index contributed by atoms with van der Waals surface area (Å²) in [6.45, 7) is 4.78. The van der Waals surface area contributed by atoms with Gasteiger partial charge in [0.15, 0.2) is 9.84 Å². The van der Waals surface area contributed by atoms with Crippen LogP contribution in [0.2, 0.25) is 0 Å². The van der Waals surface area contributed by atoms with E-state index in [0.717, 1.165) is 5.56 Å². The smallest absolute Gasteiger partial charge is 0.423 e. The minimum Gasteiger partial charge on any atom is -0.423 e. The van der Waals surface area contributed by atoms with Gasteiger partial charge in [-0.25, -0.2) is 8.42 Å². The summed E-state index contributed by atoms with van der Waals surface area (Å²) in [5, 5.41) is 12.6. The first-order valence-corrected chi connectivity index (χ1v) is 11.1. The molecule has 29 heavy (non-hydrogen) atoms. The third-order valence-electron chi connectivity index (χ3n) is 4.71. The lowest BCUT2D eigenvalue weighted by molar-refractivity contribution is -0.120. The highest BCUT2D eigenvalue weighted by atomic mass is 32.2. The summed E-state index contributed by atoms with van der Waals surface area (Å²) in [6.07, 6.45) is -0.0664. The third kappa shape index (κ3) is 5.17. The second-order valence-corrected chi connectivity index (χ2v) is 9.66. The van der Waals surface area contributed by atoms with E-state index in [-0.39, 0.29) is 23.0 Å². The Morgan fingerprint density at radius 2 is 2.03 bits per heavy atom. The van der Waals surface area contributed by atoms with Crippen molar-refractivity contribution in [2.45, 2.75) is 37.5 Å². The van der Waals surface area contributed by atoms with E-state index in [0.29, 0.717) is 41.3 Å². The van der Waals surface area contributed by atoms with E-state index in [1.165, 1.54) is 18.2 Å². The number of amides is 1. The molecule has 1 heterocycles. The molecule has 0 radical (unpaired) electrons. The van der Waals surface area contributed by atoms with Crippen LogP contribution in [0.5, 0.6) is 0 Å². The van der Waals surface area contributed by atoms with E-state index in [9.17, 15) is 18.2 Å². The monoisotopic (exact) mass is 416 g/mol. The molecule has 2 aromatic rings. The zero-order valence-electron chi connectivity index (χ0n) is 16.5. The van der Waals surface area contributed by atoms with E-state index in [2.05, 4.69) is 5.32 Å². The molecule has 154 valence electrons. The highest BCUT2D eigenvalue weighted by molar-refractivity contribution is 7.90. The van der Waals surface area contributed by atoms with Gasteiger partial charge in [-0.2, -0.15) is 0 Å². The first-order valence-electron chi connectivity index (χ1n) is 9.45. The number of benzene rings is 2. The highest BCUT2D eigenvalue weighted by Gasteiger charge is 2.28. The zero-order chi connectivity index (χ0) is 21.2. The van der Waals surface area contributed by atoms with E-state index in [1.807, 2.05) is 13.8 Å². The Hall–Kier alpha value is -2.36. The van der Waals surface area contributed by atoms with Crippen LogP contribution < -0.4 is 16.5 Å². The number of fused-ring (bicyclic) bond motifs is 1. The Morgan fingerprint density at radius 3 is 2.76 bits per heavy atom. The number of nitrogen functional groups attached to an aromatic ring is 1. The number of nitrogens with two attached hydrogens (primary N) is 1. The Bertz CT molecular complexity index is 1020. The van der Waals surface area contributed by atoms with Crippen LogP contribution in [0.15, 0.2) is 41.3 Å². The van der Waals surface area contributed by atoms with Gasteiger partial charge in [-0.05, 0) is 46.3 Å². The predicted octanol–water partition coefficient (Wildman–Crippen LogP) is 0.775. The van der Waals surface area contributed by atoms with Gasteiger partial charge >= 0.3 is 7.12 Å². The first kappa shape index (κ1) is 21.4. The summed E-state index contributed by atoms with van der Waals surface area (Å²) in [7, 11) is -4.77. The van der Waals surface area contributed by atoms with Crippen molar-refractivity contribution in [3.63, 3.8) is 0 Å². The number of rotatable bonds is 7. The van der Waals surface area contributed by atoms with Crippen molar-refractivity contribution in [1.29, 1.82) is 0 Å². The van der Waals surface area contributed by atoms with E-state index in [4.69, 9.17) is 10.4 Å². The van der Waals surface area contributed by atoms with Crippen LogP contribution in [0, 0.1) is 5.92 Å². The Morgan fingerprint density at radius 1 is 1.28 bits per heavy atom. The molecule has 1 amide bonds. The molecule has 1 aliphatic rings. The largest absolute Gasteiger partial charge is 0.491 e. The van der Waals surface area contributed by atoms with E-state index in [1.54, 1.807) is 18.2 Å². The molecular weight excluding hydrogens is 391 g/mol. The van der Waals surface area contributed by atoms with Gasteiger partial charge < -0.3 is 20.7 Å². The maximum Gasteiger partial charge on any atom is 0.491 e. The number of sulfone groups is 1. The summed E-state index contributed by atoms with van der Waals surface area (Å²) in [5.74, 6) is -0.210. The maximum absolute atomic E-state index is 13.1. The molecule has 4 N–H and O–H groups in total. The number of carbonyl (C=O) groups excluding carboxylic acids is 1. The number of hydrogen-bond donors (Lipinski definition) is 3. The second-order valence-electron chi connectivity index (χ2n) is 7.70. The third-order valence-corrected chi connectivity index (χ3v) is 6.49. The zero-order valence-corrected chi connectivity index (χ0v) is 17.3. The van der Waals surface area contributed by atoms with Gasteiger partial charge in [0, 0.05) is 12.2 Å². The normalized spacial score (nSPS) is 13.6. The summed E-state index contributed by atoms with van der Waals surface area (Å²) < 4.78 is 31.3. The van der Waals surface area contributed by atoms with Gasteiger partial charge in [-0.3, -0.25) is 4.79 Å². The van der Waals surface area contributed by atoms with E-state index < -0.39 is 17.0 Å². The van der Waals surface area contributed by atoms with Crippen molar-refractivity contribution in [3.05, 3.63) is 53.1 Å². The fourth-order valence-electron chi connectivity index (χ4n) is 3.25. The summed E-state index contributed by atoms with van der Waals surface area (Å²) >= 11 is 0. The van der Waals surface area contributed by atoms with Crippen LogP contribution in [0.25, 0.3) is 0 Å². The van der Waals surface area contributed by atoms with Gasteiger partial charge in [0.1, 0.15) is 0 Å². The highest BCUT2D eigenvalue weighted by Crippen LogP contribution is 2.24. The summed E-state index contributed by atoms with van der Waals surface area (Å²) in [6, 6.07) is 9.62. The molecule has 0 unspecified atom stereocenters. The van der Waals surface area contributed by atoms with Gasteiger partial charge in [0.25, 0.3) is 0 Å². The van der Waals surface area contributed by atoms with Crippen molar-refractivity contribution in [2.24, 2.45) is 5.92 Å². The van der Waals surface area contributed by atoms with Crippen molar-refractivity contribution in [2.75, 3.05) is 12.3 Å². The number of carbonyl (C=O) groups is 1. The fourth-order valence-corrected chi connectivity index (χ4v) is 4.83. The van der Waals surface area contributed by atoms with Crippen molar-refractivity contribution in [3.8, 4) is 0 Å². The van der Waals surface area contributed by atoms with Gasteiger partial charge in [-0.15, -0.1) is 0 Å². The molecule has 9 heteroatoms. The Labute approximate surface area is 171 Å². The molecule has 0 bridgehead atoms. The van der Waals surface area contributed by atoms with Crippen molar-refractivity contribution < 1.29 is 22.9 Å². The molecule has 0 spiro atoms. The lowest BCUT2D eigenvalue weighted by Crippen LogP contribution is -2.29. The molecule has 7 nitrogen and oxygen atoms in total. The van der Waals surface area contributed by atoms with Crippen LogP contribution in [0.4, 0.5) is 5.69 Å². The number of nitrogens with one attached hydrogen (secondary N) is 1. The molecule has 0 aliphatic carbocycles. The van der Waals surface area contributed by atoms with Gasteiger partial charge in [0.2, 0.25) is 5.91 Å². The van der Waals surface area contributed by atoms with Crippen LogP contribution >= 0.6 is 0 Å². The molecule has 0 fully saturated rings. The van der Waals surface area contributed by atoms with Crippen LogP contribution in [-0.4, -0.2) is 33.0 Å². The topological polar surface area (TPSA) is 119 Å². The molecule has 0 aromatic heterocycles. The van der Waals surface area contributed by atoms with Crippen LogP contribution in [0.3, 0.4) is 0 Å². The number of anilines is 1. The molecule has 0 atom stereocenters. The van der Waals surface area contributed by atoms with Crippen molar-refractivity contribution >= 4 is 34.0 Å². The quantitative estimate of drug-likeness (QED) is 0.453. The van der Waals surface area contributed by atoms with Gasteiger partial charge in [0.05, 0.1) is 23.7 Å². The lowest BCUT2D eigenvalue weighted by Gasteiger charge is -2.13. The molecule has 0 saturated carbocycles. The predicted molar refractivity (Wildman–Crippen MR) is 112 cm³/mol.